The number of nitrogens with two attached hydrogens (primary N) is 1. The molecule has 82 valence electrons. The molecule has 2 rings (SSSR count). The average Bonchev–Trinajstić information content (AvgIpc) is 2.34. The number of benzene rings is 2. The molecule has 2 aromatic rings. The van der Waals surface area contributed by atoms with E-state index in [9.17, 15) is 0 Å². The minimum Gasteiger partial charge on any atom is -0.399 e. The fourth-order valence-corrected chi connectivity index (χ4v) is 2.08. The van der Waals surface area contributed by atoms with Crippen LogP contribution in [0.1, 0.15) is 30.4 Å². The summed E-state index contributed by atoms with van der Waals surface area (Å²) in [6.07, 6.45) is 1.11. The second kappa shape index (κ2) is 4.84. The molecule has 0 aliphatic heterocycles. The minimum absolute atomic E-state index is 0.474. The van der Waals surface area contributed by atoms with Crippen molar-refractivity contribution >= 4 is 5.69 Å². The van der Waals surface area contributed by atoms with E-state index in [1.54, 1.807) is 0 Å². The van der Waals surface area contributed by atoms with E-state index in [0.717, 1.165) is 12.1 Å². The molecule has 0 fully saturated rings. The van der Waals surface area contributed by atoms with Gasteiger partial charge in [-0.2, -0.15) is 0 Å². The van der Waals surface area contributed by atoms with E-state index in [0.29, 0.717) is 5.92 Å². The summed E-state index contributed by atoms with van der Waals surface area (Å²) in [5, 5.41) is 0. The van der Waals surface area contributed by atoms with E-state index in [2.05, 4.69) is 49.4 Å². The molecule has 2 N–H and O–H groups in total. The van der Waals surface area contributed by atoms with Gasteiger partial charge in [0.2, 0.25) is 0 Å². The molecule has 0 radical (unpaired) electrons. The summed E-state index contributed by atoms with van der Waals surface area (Å²) in [4.78, 5) is 0. The molecule has 1 nitrogen and oxygen atoms in total. The summed E-state index contributed by atoms with van der Waals surface area (Å²) in [5.41, 5.74) is 9.24. The van der Waals surface area contributed by atoms with E-state index < -0.39 is 0 Å². The van der Waals surface area contributed by atoms with Crippen molar-refractivity contribution in [1.29, 1.82) is 0 Å². The molecule has 2 aromatic carbocycles. The van der Waals surface area contributed by atoms with Crippen LogP contribution in [-0.4, -0.2) is 0 Å². The van der Waals surface area contributed by atoms with Gasteiger partial charge >= 0.3 is 0 Å². The molecule has 0 aromatic heterocycles. The third kappa shape index (κ3) is 2.25. The minimum atomic E-state index is 0.474. The standard InChI is InChI=1S/C15H17N/c1-2-15(12-6-4-3-5-7-12)13-8-10-14(16)11-9-13/h3-11,15H,2,16H2,1H3/t15-/m1/s1. The molecule has 0 amide bonds. The lowest BCUT2D eigenvalue weighted by molar-refractivity contribution is 0.777. The highest BCUT2D eigenvalue weighted by Crippen LogP contribution is 2.27. The number of rotatable bonds is 3. The van der Waals surface area contributed by atoms with Crippen molar-refractivity contribution in [3.63, 3.8) is 0 Å². The third-order valence-electron chi connectivity index (χ3n) is 2.95. The zero-order chi connectivity index (χ0) is 11.4. The van der Waals surface area contributed by atoms with Crippen molar-refractivity contribution in [2.24, 2.45) is 0 Å². The predicted molar refractivity (Wildman–Crippen MR) is 69.4 cm³/mol. The lowest BCUT2D eigenvalue weighted by atomic mass is 9.89. The molecule has 0 aliphatic rings. The summed E-state index contributed by atoms with van der Waals surface area (Å²) in [6.45, 7) is 2.22. The predicted octanol–water partition coefficient (Wildman–Crippen LogP) is 3.81. The Hall–Kier alpha value is -1.76. The summed E-state index contributed by atoms with van der Waals surface area (Å²) >= 11 is 0. The fourth-order valence-electron chi connectivity index (χ4n) is 2.08. The zero-order valence-corrected chi connectivity index (χ0v) is 9.56. The van der Waals surface area contributed by atoms with Gasteiger partial charge in [0, 0.05) is 11.6 Å². The fraction of sp³-hybridized carbons (Fsp3) is 0.200. The Bertz CT molecular complexity index is 431. The zero-order valence-electron chi connectivity index (χ0n) is 9.56. The van der Waals surface area contributed by atoms with Crippen molar-refractivity contribution in [1.82, 2.24) is 0 Å². The average molecular weight is 211 g/mol. The van der Waals surface area contributed by atoms with Crippen LogP contribution in [0, 0.1) is 0 Å². The molecule has 1 heteroatoms. The molecule has 0 saturated heterocycles. The van der Waals surface area contributed by atoms with Gasteiger partial charge < -0.3 is 5.73 Å². The topological polar surface area (TPSA) is 26.0 Å². The SMILES string of the molecule is CC[C@H](c1ccccc1)c1ccc(N)cc1. The Labute approximate surface area is 96.9 Å². The van der Waals surface area contributed by atoms with Crippen LogP contribution in [-0.2, 0) is 0 Å². The van der Waals surface area contributed by atoms with Gasteiger partial charge in [-0.15, -0.1) is 0 Å². The van der Waals surface area contributed by atoms with Crippen LogP contribution in [0.3, 0.4) is 0 Å². The van der Waals surface area contributed by atoms with Gasteiger partial charge in [0.25, 0.3) is 0 Å². The maximum Gasteiger partial charge on any atom is 0.0314 e. The van der Waals surface area contributed by atoms with Crippen molar-refractivity contribution in [3.05, 3.63) is 65.7 Å². The van der Waals surface area contributed by atoms with Crippen molar-refractivity contribution in [3.8, 4) is 0 Å². The third-order valence-corrected chi connectivity index (χ3v) is 2.95. The van der Waals surface area contributed by atoms with Crippen LogP contribution in [0.5, 0.6) is 0 Å². The van der Waals surface area contributed by atoms with Crippen molar-refractivity contribution in [2.45, 2.75) is 19.3 Å². The number of anilines is 1. The molecule has 0 spiro atoms. The Morgan fingerprint density at radius 1 is 0.875 bits per heavy atom. The molecular formula is C15H17N. The molecule has 0 bridgehead atoms. The number of hydrogen-bond donors (Lipinski definition) is 1. The maximum atomic E-state index is 5.71. The molecule has 1 atom stereocenters. The molecule has 0 saturated carbocycles. The van der Waals surface area contributed by atoms with Gasteiger partial charge in [-0.05, 0) is 29.7 Å². The van der Waals surface area contributed by atoms with E-state index in [1.165, 1.54) is 11.1 Å². The van der Waals surface area contributed by atoms with Crippen molar-refractivity contribution in [2.75, 3.05) is 5.73 Å². The first-order valence-corrected chi connectivity index (χ1v) is 5.71. The van der Waals surface area contributed by atoms with Crippen LogP contribution in [0.2, 0.25) is 0 Å². The summed E-state index contributed by atoms with van der Waals surface area (Å²) in [6, 6.07) is 18.8. The molecule has 16 heavy (non-hydrogen) atoms. The molecular weight excluding hydrogens is 194 g/mol. The first kappa shape index (κ1) is 10.7. The molecule has 0 heterocycles. The lowest BCUT2D eigenvalue weighted by Gasteiger charge is -2.15. The van der Waals surface area contributed by atoms with Crippen LogP contribution in [0.4, 0.5) is 5.69 Å². The summed E-state index contributed by atoms with van der Waals surface area (Å²) in [7, 11) is 0. The number of hydrogen-bond acceptors (Lipinski definition) is 1. The maximum absolute atomic E-state index is 5.71. The van der Waals surface area contributed by atoms with Crippen LogP contribution < -0.4 is 5.73 Å². The van der Waals surface area contributed by atoms with Gasteiger partial charge in [0.1, 0.15) is 0 Å². The van der Waals surface area contributed by atoms with E-state index in [4.69, 9.17) is 5.73 Å². The smallest absolute Gasteiger partial charge is 0.0314 e. The van der Waals surface area contributed by atoms with Gasteiger partial charge in [0.05, 0.1) is 0 Å². The van der Waals surface area contributed by atoms with Crippen molar-refractivity contribution < 1.29 is 0 Å². The van der Waals surface area contributed by atoms with Crippen LogP contribution in [0.25, 0.3) is 0 Å². The van der Waals surface area contributed by atoms with Gasteiger partial charge in [-0.25, -0.2) is 0 Å². The highest BCUT2D eigenvalue weighted by atomic mass is 14.5. The lowest BCUT2D eigenvalue weighted by Crippen LogP contribution is -1.99. The Balaban J connectivity index is 2.33. The Kier molecular flexibility index (Phi) is 3.25. The van der Waals surface area contributed by atoms with Crippen LogP contribution in [0.15, 0.2) is 54.6 Å². The molecule has 0 unspecified atom stereocenters. The molecule has 0 aliphatic carbocycles. The second-order valence-corrected chi connectivity index (χ2v) is 4.04. The normalized spacial score (nSPS) is 12.3. The Morgan fingerprint density at radius 2 is 1.44 bits per heavy atom. The first-order valence-electron chi connectivity index (χ1n) is 5.71. The van der Waals surface area contributed by atoms with Crippen LogP contribution >= 0.6 is 0 Å². The monoisotopic (exact) mass is 211 g/mol. The first-order chi connectivity index (χ1) is 7.81. The van der Waals surface area contributed by atoms with E-state index in [1.807, 2.05) is 12.1 Å². The second-order valence-electron chi connectivity index (χ2n) is 4.04. The van der Waals surface area contributed by atoms with Gasteiger partial charge in [0.15, 0.2) is 0 Å². The summed E-state index contributed by atoms with van der Waals surface area (Å²) in [5.74, 6) is 0.474. The van der Waals surface area contributed by atoms with E-state index >= 15 is 0 Å². The van der Waals surface area contributed by atoms with Gasteiger partial charge in [-0.3, -0.25) is 0 Å². The largest absolute Gasteiger partial charge is 0.399 e. The quantitative estimate of drug-likeness (QED) is 0.767. The van der Waals surface area contributed by atoms with E-state index in [-0.39, 0.29) is 0 Å². The highest BCUT2D eigenvalue weighted by molar-refractivity contribution is 5.42. The summed E-state index contributed by atoms with van der Waals surface area (Å²) < 4.78 is 0. The van der Waals surface area contributed by atoms with Gasteiger partial charge in [-0.1, -0.05) is 49.4 Å². The Morgan fingerprint density at radius 3 is 2.00 bits per heavy atom. The number of nitrogen functional groups attached to an aromatic ring is 1. The highest BCUT2D eigenvalue weighted by Gasteiger charge is 2.10.